The Morgan fingerprint density at radius 2 is 1.68 bits per heavy atom. The van der Waals surface area contributed by atoms with E-state index in [1.165, 1.54) is 0 Å². The highest BCUT2D eigenvalue weighted by Gasteiger charge is 2.33. The van der Waals surface area contributed by atoms with Crippen LogP contribution in [0.1, 0.15) is 11.1 Å². The normalized spacial score (nSPS) is 14.1. The Balaban J connectivity index is 1.89. The molecule has 5 nitrogen and oxygen atoms in total. The first-order chi connectivity index (χ1) is 11.8. The second-order valence-electron chi connectivity index (χ2n) is 5.74. The molecule has 0 fully saturated rings. The van der Waals surface area contributed by atoms with Gasteiger partial charge in [0.05, 0.1) is 5.69 Å². The number of aryl methyl sites for hydroxylation is 2. The van der Waals surface area contributed by atoms with E-state index in [0.717, 1.165) is 34.2 Å². The number of carbonyl (C=O) groups is 2. The Labute approximate surface area is 142 Å². The van der Waals surface area contributed by atoms with Gasteiger partial charge in [0, 0.05) is 23.9 Å². The summed E-state index contributed by atoms with van der Waals surface area (Å²) in [7, 11) is 0. The van der Waals surface area contributed by atoms with Crippen molar-refractivity contribution < 1.29 is 23.5 Å². The third-order valence-electron chi connectivity index (χ3n) is 3.81. The molecule has 128 valence electrons. The van der Waals surface area contributed by atoms with Gasteiger partial charge >= 0.3 is 0 Å². The van der Waals surface area contributed by atoms with Crippen LogP contribution in [0.3, 0.4) is 0 Å². The maximum atomic E-state index is 13.4. The Bertz CT molecular complexity index is 915. The van der Waals surface area contributed by atoms with Crippen molar-refractivity contribution in [3.8, 4) is 5.75 Å². The molecule has 0 aromatic heterocycles. The number of anilines is 2. The van der Waals surface area contributed by atoms with E-state index >= 15 is 0 Å². The van der Waals surface area contributed by atoms with Crippen LogP contribution in [-0.4, -0.2) is 16.9 Å². The van der Waals surface area contributed by atoms with Gasteiger partial charge in [-0.15, -0.1) is 0 Å². The van der Waals surface area contributed by atoms with E-state index in [-0.39, 0.29) is 11.4 Å². The largest absolute Gasteiger partial charge is 0.503 e. The number of phenolic OH excluding ortho intramolecular Hbond substituents is 1. The molecular weight excluding hydrogens is 330 g/mol. The second-order valence-corrected chi connectivity index (χ2v) is 5.74. The van der Waals surface area contributed by atoms with E-state index in [2.05, 4.69) is 5.32 Å². The van der Waals surface area contributed by atoms with Gasteiger partial charge in [-0.3, -0.25) is 9.59 Å². The SMILES string of the molecule is Cc1ccc(N2C(=O)C=C(Nc3cc(F)c(O)c(F)c3)C2=O)c(C)c1. The molecule has 3 rings (SSSR count). The van der Waals surface area contributed by atoms with Crippen LogP contribution in [0.25, 0.3) is 0 Å². The number of hydrogen-bond acceptors (Lipinski definition) is 4. The number of aromatic hydroxyl groups is 1. The average molecular weight is 344 g/mol. The summed E-state index contributed by atoms with van der Waals surface area (Å²) in [6, 6.07) is 6.94. The number of phenols is 1. The molecule has 0 unspecified atom stereocenters. The summed E-state index contributed by atoms with van der Waals surface area (Å²) in [4.78, 5) is 25.7. The lowest BCUT2D eigenvalue weighted by Crippen LogP contribution is -2.32. The van der Waals surface area contributed by atoms with Crippen LogP contribution in [0.4, 0.5) is 20.2 Å². The van der Waals surface area contributed by atoms with Crippen LogP contribution >= 0.6 is 0 Å². The first-order valence-electron chi connectivity index (χ1n) is 7.40. The quantitative estimate of drug-likeness (QED) is 0.663. The minimum absolute atomic E-state index is 0.0947. The van der Waals surface area contributed by atoms with E-state index in [4.69, 9.17) is 5.11 Å². The van der Waals surface area contributed by atoms with Crippen molar-refractivity contribution in [3.05, 3.63) is 64.9 Å². The summed E-state index contributed by atoms with van der Waals surface area (Å²) in [5.41, 5.74) is 1.97. The van der Waals surface area contributed by atoms with E-state index in [1.54, 1.807) is 19.1 Å². The van der Waals surface area contributed by atoms with Gasteiger partial charge in [-0.25, -0.2) is 13.7 Å². The lowest BCUT2D eigenvalue weighted by atomic mass is 10.1. The topological polar surface area (TPSA) is 69.6 Å². The average Bonchev–Trinajstić information content (AvgIpc) is 2.80. The fourth-order valence-electron chi connectivity index (χ4n) is 2.64. The number of imide groups is 1. The predicted octanol–water partition coefficient (Wildman–Crippen LogP) is 3.16. The summed E-state index contributed by atoms with van der Waals surface area (Å²) >= 11 is 0. The van der Waals surface area contributed by atoms with E-state index in [1.807, 2.05) is 13.0 Å². The van der Waals surface area contributed by atoms with Crippen molar-refractivity contribution in [2.24, 2.45) is 0 Å². The van der Waals surface area contributed by atoms with Crippen molar-refractivity contribution in [3.63, 3.8) is 0 Å². The fraction of sp³-hybridized carbons (Fsp3) is 0.111. The van der Waals surface area contributed by atoms with Gasteiger partial charge in [-0.1, -0.05) is 17.7 Å². The lowest BCUT2D eigenvalue weighted by Gasteiger charge is -2.18. The summed E-state index contributed by atoms with van der Waals surface area (Å²) in [5.74, 6) is -4.65. The van der Waals surface area contributed by atoms with Gasteiger partial charge in [0.1, 0.15) is 5.70 Å². The number of amides is 2. The molecule has 1 aliphatic heterocycles. The van der Waals surface area contributed by atoms with E-state index < -0.39 is 29.2 Å². The number of benzene rings is 2. The van der Waals surface area contributed by atoms with Gasteiger partial charge < -0.3 is 10.4 Å². The van der Waals surface area contributed by atoms with Gasteiger partial charge in [0.2, 0.25) is 0 Å². The highest BCUT2D eigenvalue weighted by atomic mass is 19.1. The monoisotopic (exact) mass is 344 g/mol. The predicted molar refractivity (Wildman–Crippen MR) is 88.1 cm³/mol. The maximum Gasteiger partial charge on any atom is 0.281 e. The molecule has 0 saturated carbocycles. The number of halogens is 2. The second kappa shape index (κ2) is 6.01. The van der Waals surface area contributed by atoms with Crippen molar-refractivity contribution in [1.82, 2.24) is 0 Å². The minimum atomic E-state index is -1.17. The first-order valence-corrected chi connectivity index (χ1v) is 7.40. The highest BCUT2D eigenvalue weighted by Crippen LogP contribution is 2.29. The Hall–Kier alpha value is -3.22. The summed E-state index contributed by atoms with van der Waals surface area (Å²) in [6.45, 7) is 3.67. The summed E-state index contributed by atoms with van der Waals surface area (Å²) in [6.07, 6.45) is 1.06. The molecular formula is C18H14F2N2O3. The zero-order valence-electron chi connectivity index (χ0n) is 13.4. The third-order valence-corrected chi connectivity index (χ3v) is 3.81. The van der Waals surface area contributed by atoms with Crippen LogP contribution in [0.2, 0.25) is 0 Å². The fourth-order valence-corrected chi connectivity index (χ4v) is 2.64. The Kier molecular flexibility index (Phi) is 4.00. The number of nitrogens with zero attached hydrogens (tertiary/aromatic N) is 1. The minimum Gasteiger partial charge on any atom is -0.503 e. The van der Waals surface area contributed by atoms with Gasteiger partial charge in [-0.05, 0) is 25.5 Å². The van der Waals surface area contributed by atoms with Crippen molar-refractivity contribution in [2.45, 2.75) is 13.8 Å². The number of nitrogens with one attached hydrogen (secondary N) is 1. The van der Waals surface area contributed by atoms with Crippen LogP contribution in [0.5, 0.6) is 5.75 Å². The molecule has 1 heterocycles. The molecule has 0 atom stereocenters. The van der Waals surface area contributed by atoms with Crippen molar-refractivity contribution in [2.75, 3.05) is 10.2 Å². The number of rotatable bonds is 3. The first kappa shape index (κ1) is 16.6. The molecule has 2 aromatic rings. The summed E-state index contributed by atoms with van der Waals surface area (Å²) in [5, 5.41) is 11.6. The van der Waals surface area contributed by atoms with Crippen LogP contribution < -0.4 is 10.2 Å². The molecule has 0 bridgehead atoms. The Morgan fingerprint density at radius 3 is 2.28 bits per heavy atom. The van der Waals surface area contributed by atoms with Crippen molar-refractivity contribution in [1.29, 1.82) is 0 Å². The van der Waals surface area contributed by atoms with Crippen LogP contribution in [0.15, 0.2) is 42.1 Å². The lowest BCUT2D eigenvalue weighted by molar-refractivity contribution is -0.120. The molecule has 0 spiro atoms. The standard InChI is InChI=1S/C18H14F2N2O3/c1-9-3-4-15(10(2)5-9)22-16(23)8-14(18(22)25)21-11-6-12(19)17(24)13(20)7-11/h3-8,21,24H,1-2H3. The van der Waals surface area contributed by atoms with Gasteiger partial charge in [0.25, 0.3) is 11.8 Å². The molecule has 0 aliphatic carbocycles. The summed E-state index contributed by atoms with van der Waals surface area (Å²) < 4.78 is 26.8. The van der Waals surface area contributed by atoms with Crippen LogP contribution in [-0.2, 0) is 9.59 Å². The van der Waals surface area contributed by atoms with Gasteiger partial charge in [-0.2, -0.15) is 0 Å². The molecule has 2 aromatic carbocycles. The van der Waals surface area contributed by atoms with E-state index in [0.29, 0.717) is 5.69 Å². The maximum absolute atomic E-state index is 13.4. The number of hydrogen-bond donors (Lipinski definition) is 2. The zero-order chi connectivity index (χ0) is 18.3. The zero-order valence-corrected chi connectivity index (χ0v) is 13.4. The molecule has 0 radical (unpaired) electrons. The third kappa shape index (κ3) is 2.96. The number of carbonyl (C=O) groups excluding carboxylic acids is 2. The Morgan fingerprint density at radius 1 is 1.04 bits per heavy atom. The smallest absolute Gasteiger partial charge is 0.281 e. The molecule has 7 heteroatoms. The van der Waals surface area contributed by atoms with Gasteiger partial charge in [0.15, 0.2) is 17.4 Å². The van der Waals surface area contributed by atoms with E-state index in [9.17, 15) is 18.4 Å². The van der Waals surface area contributed by atoms with Crippen molar-refractivity contribution >= 4 is 23.2 Å². The van der Waals surface area contributed by atoms with Crippen LogP contribution in [0, 0.1) is 25.5 Å². The highest BCUT2D eigenvalue weighted by molar-refractivity contribution is 6.31. The molecule has 1 aliphatic rings. The molecule has 25 heavy (non-hydrogen) atoms. The molecule has 2 N–H and O–H groups in total. The molecule has 0 saturated heterocycles. The molecule has 2 amide bonds.